The summed E-state index contributed by atoms with van der Waals surface area (Å²) in [5.41, 5.74) is 7.27. The maximum Gasteiger partial charge on any atom is 0.305 e. The molecule has 1 heterocycles. The van der Waals surface area contributed by atoms with E-state index in [-0.39, 0.29) is 17.5 Å². The molecule has 4 N–H and O–H groups in total. The fraction of sp³-hybridized carbons (Fsp3) is 0.286. The molecule has 1 aliphatic rings. The average molecular weight is 336 g/mol. The van der Waals surface area contributed by atoms with Crippen LogP contribution in [-0.4, -0.2) is 40.7 Å². The van der Waals surface area contributed by atoms with Crippen molar-refractivity contribution in [2.24, 2.45) is 15.9 Å². The first kappa shape index (κ1) is 17.0. The summed E-state index contributed by atoms with van der Waals surface area (Å²) < 4.78 is 5.18. The number of amides is 1. The number of amidine groups is 1. The number of carbonyl (C=O) groups is 2. The Labute approximate surface area is 136 Å². The van der Waals surface area contributed by atoms with E-state index >= 15 is 0 Å². The van der Waals surface area contributed by atoms with Gasteiger partial charge in [-0.25, -0.2) is 0 Å². The van der Waals surface area contributed by atoms with Gasteiger partial charge in [-0.05, 0) is 23.8 Å². The largest absolute Gasteiger partial charge is 0.496 e. The molecule has 0 saturated carbocycles. The molecule has 2 rings (SSSR count). The van der Waals surface area contributed by atoms with Crippen LogP contribution in [0.2, 0.25) is 0 Å². The standard InChI is InChI=1S/C14H16N4O4S/c1-22-10-3-2-8(4-9(10)6-15)7-16-18-14-17-13(21)11(23-14)5-12(19)20/h2-4,7,11H,5-6,15H2,1H3,(H,19,20)(H,17,18,21). The fourth-order valence-corrected chi connectivity index (χ4v) is 2.85. The molecule has 1 aliphatic heterocycles. The van der Waals surface area contributed by atoms with E-state index in [1.165, 1.54) is 6.21 Å². The summed E-state index contributed by atoms with van der Waals surface area (Å²) in [7, 11) is 1.57. The number of thioether (sulfide) groups is 1. The van der Waals surface area contributed by atoms with Crippen molar-refractivity contribution in [1.82, 2.24) is 5.32 Å². The quantitative estimate of drug-likeness (QED) is 0.514. The molecule has 9 heteroatoms. The van der Waals surface area contributed by atoms with Crippen LogP contribution in [0.25, 0.3) is 0 Å². The van der Waals surface area contributed by atoms with Gasteiger partial charge in [0.15, 0.2) is 5.17 Å². The minimum atomic E-state index is -1.03. The van der Waals surface area contributed by atoms with Gasteiger partial charge in [0.25, 0.3) is 0 Å². The summed E-state index contributed by atoms with van der Waals surface area (Å²) in [5.74, 6) is -0.706. The molecule has 122 valence electrons. The van der Waals surface area contributed by atoms with Gasteiger partial charge in [0.1, 0.15) is 11.0 Å². The van der Waals surface area contributed by atoms with Crippen LogP contribution in [0.5, 0.6) is 5.75 Å². The molecule has 1 saturated heterocycles. The van der Waals surface area contributed by atoms with Crippen molar-refractivity contribution < 1.29 is 19.4 Å². The second-order valence-corrected chi connectivity index (χ2v) is 5.81. The maximum absolute atomic E-state index is 11.6. The molecule has 1 aromatic rings. The summed E-state index contributed by atoms with van der Waals surface area (Å²) in [6.45, 7) is 0.335. The van der Waals surface area contributed by atoms with Crippen LogP contribution in [0, 0.1) is 0 Å². The summed E-state index contributed by atoms with van der Waals surface area (Å²) in [5, 5.41) is 18.6. The van der Waals surface area contributed by atoms with Crippen LogP contribution in [0.3, 0.4) is 0 Å². The number of rotatable bonds is 6. The maximum atomic E-state index is 11.6. The molecule has 1 aromatic carbocycles. The Kier molecular flexibility index (Phi) is 5.72. The molecule has 23 heavy (non-hydrogen) atoms. The van der Waals surface area contributed by atoms with Gasteiger partial charge in [-0.15, -0.1) is 5.10 Å². The van der Waals surface area contributed by atoms with Crippen LogP contribution in [0.4, 0.5) is 0 Å². The number of carbonyl (C=O) groups excluding carboxylic acids is 1. The van der Waals surface area contributed by atoms with Crippen LogP contribution in [0.1, 0.15) is 17.5 Å². The van der Waals surface area contributed by atoms with Gasteiger partial charge >= 0.3 is 5.97 Å². The first-order valence-electron chi connectivity index (χ1n) is 6.70. The number of methoxy groups -OCH3 is 1. The SMILES string of the molecule is COc1ccc(C=NN=C2NC(=O)C(CC(=O)O)S2)cc1CN. The van der Waals surface area contributed by atoms with Crippen LogP contribution in [-0.2, 0) is 16.1 Å². The summed E-state index contributed by atoms with van der Waals surface area (Å²) in [6.07, 6.45) is 1.26. The van der Waals surface area contributed by atoms with Crippen molar-refractivity contribution in [3.8, 4) is 5.75 Å². The summed E-state index contributed by atoms with van der Waals surface area (Å²) in [6, 6.07) is 5.41. The van der Waals surface area contributed by atoms with Crippen molar-refractivity contribution in [2.45, 2.75) is 18.2 Å². The highest BCUT2D eigenvalue weighted by Crippen LogP contribution is 2.22. The molecular weight excluding hydrogens is 320 g/mol. The number of nitrogens with zero attached hydrogens (tertiary/aromatic N) is 2. The van der Waals surface area contributed by atoms with Gasteiger partial charge in [-0.2, -0.15) is 5.10 Å². The molecule has 0 aromatic heterocycles. The van der Waals surface area contributed by atoms with Crippen LogP contribution in [0.15, 0.2) is 28.4 Å². The monoisotopic (exact) mass is 336 g/mol. The highest BCUT2D eigenvalue weighted by molar-refractivity contribution is 8.15. The van der Waals surface area contributed by atoms with Gasteiger partial charge in [-0.3, -0.25) is 9.59 Å². The number of nitrogens with two attached hydrogens (primary N) is 1. The number of hydrogen-bond acceptors (Lipinski definition) is 7. The van der Waals surface area contributed by atoms with E-state index in [4.69, 9.17) is 15.6 Å². The number of aliphatic carboxylic acids is 1. The number of carboxylic acid groups (broad SMARTS) is 1. The van der Waals surface area contributed by atoms with E-state index in [0.717, 1.165) is 22.9 Å². The average Bonchev–Trinajstić information content (AvgIpc) is 2.86. The van der Waals surface area contributed by atoms with Crippen LogP contribution < -0.4 is 15.8 Å². The third-order valence-electron chi connectivity index (χ3n) is 3.02. The van der Waals surface area contributed by atoms with Gasteiger partial charge in [0, 0.05) is 12.1 Å². The topological polar surface area (TPSA) is 126 Å². The second kappa shape index (κ2) is 7.75. The van der Waals surface area contributed by atoms with E-state index in [0.29, 0.717) is 12.3 Å². The zero-order valence-corrected chi connectivity index (χ0v) is 13.2. The molecule has 0 spiro atoms. The predicted octanol–water partition coefficient (Wildman–Crippen LogP) is 0.550. The minimum absolute atomic E-state index is 0.252. The molecule has 0 radical (unpaired) electrons. The normalized spacial score (nSPS) is 19.3. The lowest BCUT2D eigenvalue weighted by Gasteiger charge is -2.06. The molecule has 1 atom stereocenters. The first-order valence-corrected chi connectivity index (χ1v) is 7.58. The number of carboxylic acids is 1. The Morgan fingerprint density at radius 3 is 3.00 bits per heavy atom. The Morgan fingerprint density at radius 1 is 1.57 bits per heavy atom. The van der Waals surface area contributed by atoms with E-state index in [9.17, 15) is 9.59 Å². The molecule has 1 amide bonds. The Morgan fingerprint density at radius 2 is 2.35 bits per heavy atom. The van der Waals surface area contributed by atoms with E-state index in [1.54, 1.807) is 19.2 Å². The molecule has 0 aliphatic carbocycles. The lowest BCUT2D eigenvalue weighted by molar-refractivity contribution is -0.138. The molecule has 8 nitrogen and oxygen atoms in total. The van der Waals surface area contributed by atoms with Crippen molar-refractivity contribution in [3.05, 3.63) is 29.3 Å². The Balaban J connectivity index is 2.04. The lowest BCUT2D eigenvalue weighted by atomic mass is 10.1. The van der Waals surface area contributed by atoms with E-state index in [1.807, 2.05) is 6.07 Å². The zero-order valence-electron chi connectivity index (χ0n) is 12.4. The summed E-state index contributed by atoms with van der Waals surface area (Å²) in [4.78, 5) is 22.2. The molecular formula is C14H16N4O4S. The van der Waals surface area contributed by atoms with Crippen LogP contribution >= 0.6 is 11.8 Å². The number of nitrogens with one attached hydrogen (secondary N) is 1. The molecule has 0 bridgehead atoms. The third kappa shape index (κ3) is 4.54. The first-order chi connectivity index (χ1) is 11.0. The number of hydrogen-bond donors (Lipinski definition) is 3. The van der Waals surface area contributed by atoms with Gasteiger partial charge in [0.05, 0.1) is 19.7 Å². The predicted molar refractivity (Wildman–Crippen MR) is 87.7 cm³/mol. The van der Waals surface area contributed by atoms with Gasteiger partial charge < -0.3 is 20.9 Å². The lowest BCUT2D eigenvalue weighted by Crippen LogP contribution is -2.26. The summed E-state index contributed by atoms with van der Waals surface area (Å²) >= 11 is 1.05. The smallest absolute Gasteiger partial charge is 0.305 e. The van der Waals surface area contributed by atoms with Crippen molar-refractivity contribution in [2.75, 3.05) is 7.11 Å². The Hall–Kier alpha value is -2.39. The Bertz CT molecular complexity index is 675. The van der Waals surface area contributed by atoms with Crippen molar-refractivity contribution >= 4 is 35.0 Å². The highest BCUT2D eigenvalue weighted by Gasteiger charge is 2.32. The van der Waals surface area contributed by atoms with E-state index in [2.05, 4.69) is 15.5 Å². The second-order valence-electron chi connectivity index (χ2n) is 4.62. The zero-order chi connectivity index (χ0) is 16.8. The van der Waals surface area contributed by atoms with Gasteiger partial charge in [-0.1, -0.05) is 11.8 Å². The molecule has 1 unspecified atom stereocenters. The van der Waals surface area contributed by atoms with Crippen molar-refractivity contribution in [3.63, 3.8) is 0 Å². The fourth-order valence-electron chi connectivity index (χ4n) is 1.93. The minimum Gasteiger partial charge on any atom is -0.496 e. The number of benzene rings is 1. The molecule has 1 fully saturated rings. The van der Waals surface area contributed by atoms with E-state index < -0.39 is 11.2 Å². The third-order valence-corrected chi connectivity index (χ3v) is 4.09. The van der Waals surface area contributed by atoms with Gasteiger partial charge in [0.2, 0.25) is 5.91 Å². The van der Waals surface area contributed by atoms with Crippen molar-refractivity contribution in [1.29, 1.82) is 0 Å². The number of ether oxygens (including phenoxy) is 1. The highest BCUT2D eigenvalue weighted by atomic mass is 32.2.